The van der Waals surface area contributed by atoms with Gasteiger partial charge in [0.25, 0.3) is 5.91 Å². The van der Waals surface area contributed by atoms with Gasteiger partial charge in [0.2, 0.25) is 5.91 Å². The second-order valence-electron chi connectivity index (χ2n) is 4.54. The lowest BCUT2D eigenvalue weighted by atomic mass is 10.1. The molecule has 0 aromatic carbocycles. The molecule has 128 valence electrons. The summed E-state index contributed by atoms with van der Waals surface area (Å²) in [5.41, 5.74) is 5.83. The summed E-state index contributed by atoms with van der Waals surface area (Å²) in [6.45, 7) is 3.40. The fourth-order valence-electron chi connectivity index (χ4n) is 1.81. The van der Waals surface area contributed by atoms with Gasteiger partial charge in [-0.05, 0) is 19.4 Å². The van der Waals surface area contributed by atoms with E-state index in [2.05, 4.69) is 15.5 Å². The van der Waals surface area contributed by atoms with Gasteiger partial charge in [-0.2, -0.15) is 0 Å². The van der Waals surface area contributed by atoms with Gasteiger partial charge < -0.3 is 15.8 Å². The highest BCUT2D eigenvalue weighted by Crippen LogP contribution is 2.33. The first-order chi connectivity index (χ1) is 11.3. The molecule has 0 saturated heterocycles. The highest BCUT2D eigenvalue weighted by molar-refractivity contribution is 8.01. The van der Waals surface area contributed by atoms with Gasteiger partial charge in [0.1, 0.15) is 10.0 Å². The Morgan fingerprint density at radius 2 is 1.96 bits per heavy atom. The molecule has 2 aromatic rings. The minimum Gasteiger partial charge on any atom is -0.465 e. The minimum atomic E-state index is -0.665. The predicted molar refractivity (Wildman–Crippen MR) is 92.9 cm³/mol. The van der Waals surface area contributed by atoms with Gasteiger partial charge in [-0.15, -0.1) is 21.5 Å². The van der Waals surface area contributed by atoms with Crippen molar-refractivity contribution < 1.29 is 19.1 Å². The van der Waals surface area contributed by atoms with Crippen molar-refractivity contribution >= 4 is 57.2 Å². The topological polar surface area (TPSA) is 124 Å². The van der Waals surface area contributed by atoms with Crippen LogP contribution in [0.5, 0.6) is 0 Å². The fourth-order valence-corrected chi connectivity index (χ4v) is 4.49. The maximum absolute atomic E-state index is 12.1. The van der Waals surface area contributed by atoms with Crippen molar-refractivity contribution in [1.29, 1.82) is 0 Å². The van der Waals surface area contributed by atoms with Crippen LogP contribution in [-0.2, 0) is 9.53 Å². The fraction of sp³-hybridized carbons (Fsp3) is 0.308. The van der Waals surface area contributed by atoms with E-state index in [0.29, 0.717) is 9.90 Å². The lowest BCUT2D eigenvalue weighted by Gasteiger charge is -2.05. The Morgan fingerprint density at radius 3 is 2.50 bits per heavy atom. The summed E-state index contributed by atoms with van der Waals surface area (Å²) in [6.07, 6.45) is 0. The van der Waals surface area contributed by atoms with Crippen LogP contribution in [-0.4, -0.2) is 40.8 Å². The summed E-state index contributed by atoms with van der Waals surface area (Å²) >= 11 is 3.57. The molecule has 0 fully saturated rings. The quantitative estimate of drug-likeness (QED) is 0.573. The molecular formula is C13H14N4O4S3. The summed E-state index contributed by atoms with van der Waals surface area (Å²) in [5, 5.41) is 11.5. The van der Waals surface area contributed by atoms with Crippen LogP contribution in [0.3, 0.4) is 0 Å². The zero-order valence-corrected chi connectivity index (χ0v) is 15.5. The molecule has 8 nitrogen and oxygen atoms in total. The number of primary amides is 1. The Labute approximate surface area is 149 Å². The molecule has 2 heterocycles. The van der Waals surface area contributed by atoms with E-state index in [1.807, 2.05) is 6.92 Å². The Bertz CT molecular complexity index is 799. The van der Waals surface area contributed by atoms with E-state index >= 15 is 0 Å². The number of ether oxygens (including phenoxy) is 1. The first kappa shape index (κ1) is 18.4. The van der Waals surface area contributed by atoms with E-state index in [1.165, 1.54) is 30.2 Å². The van der Waals surface area contributed by atoms with Crippen LogP contribution in [0, 0.1) is 13.8 Å². The van der Waals surface area contributed by atoms with E-state index < -0.39 is 11.9 Å². The number of nitrogens with one attached hydrogen (secondary N) is 1. The Kier molecular flexibility index (Phi) is 5.91. The van der Waals surface area contributed by atoms with E-state index in [1.54, 1.807) is 6.92 Å². The van der Waals surface area contributed by atoms with Gasteiger partial charge in [-0.25, -0.2) is 4.79 Å². The van der Waals surface area contributed by atoms with Crippen LogP contribution < -0.4 is 11.1 Å². The number of methoxy groups -OCH3 is 1. The molecular weight excluding hydrogens is 372 g/mol. The second kappa shape index (κ2) is 7.73. The van der Waals surface area contributed by atoms with E-state index in [-0.39, 0.29) is 27.1 Å². The third-order valence-corrected chi connectivity index (χ3v) is 6.04. The van der Waals surface area contributed by atoms with Gasteiger partial charge in [0, 0.05) is 0 Å². The molecule has 2 aromatic heterocycles. The second-order valence-corrected chi connectivity index (χ2v) is 7.96. The molecule has 2 amide bonds. The van der Waals surface area contributed by atoms with Crippen LogP contribution in [0.2, 0.25) is 0 Å². The van der Waals surface area contributed by atoms with Crippen molar-refractivity contribution in [2.75, 3.05) is 18.2 Å². The number of aryl methyl sites for hydroxylation is 1. The van der Waals surface area contributed by atoms with Gasteiger partial charge in [0.15, 0.2) is 4.34 Å². The van der Waals surface area contributed by atoms with Crippen molar-refractivity contribution in [2.24, 2.45) is 5.73 Å². The Balaban J connectivity index is 2.15. The third-order valence-electron chi connectivity index (χ3n) is 2.85. The number of hydrogen-bond donors (Lipinski definition) is 2. The number of esters is 1. The summed E-state index contributed by atoms with van der Waals surface area (Å²) in [5.74, 6) is -1.55. The third kappa shape index (κ3) is 4.10. The number of aromatic nitrogens is 2. The molecule has 0 aliphatic carbocycles. The largest absolute Gasteiger partial charge is 0.465 e. The monoisotopic (exact) mass is 386 g/mol. The number of thiophene rings is 1. The molecule has 0 spiro atoms. The van der Waals surface area contributed by atoms with Crippen LogP contribution in [0.15, 0.2) is 4.34 Å². The minimum absolute atomic E-state index is 0.0953. The molecule has 2 rings (SSSR count). The van der Waals surface area contributed by atoms with E-state index in [0.717, 1.165) is 16.3 Å². The van der Waals surface area contributed by atoms with Gasteiger partial charge in [0.05, 0.1) is 23.3 Å². The number of anilines is 1. The molecule has 24 heavy (non-hydrogen) atoms. The van der Waals surface area contributed by atoms with Crippen molar-refractivity contribution in [3.63, 3.8) is 0 Å². The lowest BCUT2D eigenvalue weighted by molar-refractivity contribution is -0.113. The molecule has 0 atom stereocenters. The lowest BCUT2D eigenvalue weighted by Crippen LogP contribution is -2.16. The molecule has 0 radical (unpaired) electrons. The normalized spacial score (nSPS) is 10.5. The number of nitrogens with zero attached hydrogens (tertiary/aromatic N) is 2. The van der Waals surface area contributed by atoms with Crippen LogP contribution in [0.1, 0.15) is 30.6 Å². The molecule has 0 aliphatic heterocycles. The number of carbonyl (C=O) groups excluding carboxylic acids is 3. The molecule has 0 saturated carbocycles. The number of carbonyl (C=O) groups is 3. The van der Waals surface area contributed by atoms with Crippen molar-refractivity contribution in [1.82, 2.24) is 10.2 Å². The highest BCUT2D eigenvalue weighted by Gasteiger charge is 2.25. The summed E-state index contributed by atoms with van der Waals surface area (Å²) < 4.78 is 5.38. The Hall–Kier alpha value is -1.98. The van der Waals surface area contributed by atoms with Crippen molar-refractivity contribution in [2.45, 2.75) is 18.2 Å². The number of thioether (sulfide) groups is 1. The predicted octanol–water partition coefficient (Wildman–Crippen LogP) is 1.83. The smallest absolute Gasteiger partial charge is 0.341 e. The Morgan fingerprint density at radius 1 is 1.25 bits per heavy atom. The van der Waals surface area contributed by atoms with Crippen LogP contribution >= 0.6 is 34.4 Å². The van der Waals surface area contributed by atoms with Crippen molar-refractivity contribution in [3.05, 3.63) is 21.0 Å². The van der Waals surface area contributed by atoms with E-state index in [9.17, 15) is 14.4 Å². The molecule has 0 aliphatic rings. The van der Waals surface area contributed by atoms with Crippen LogP contribution in [0.4, 0.5) is 5.00 Å². The maximum Gasteiger partial charge on any atom is 0.341 e. The van der Waals surface area contributed by atoms with Gasteiger partial charge >= 0.3 is 5.97 Å². The van der Waals surface area contributed by atoms with Gasteiger partial charge in [-0.1, -0.05) is 23.1 Å². The van der Waals surface area contributed by atoms with Crippen molar-refractivity contribution in [3.8, 4) is 0 Å². The molecule has 11 heteroatoms. The zero-order chi connectivity index (χ0) is 17.9. The summed E-state index contributed by atoms with van der Waals surface area (Å²) in [6, 6.07) is 0. The maximum atomic E-state index is 12.1. The highest BCUT2D eigenvalue weighted by atomic mass is 32.2. The number of amides is 2. The number of rotatable bonds is 6. The molecule has 0 bridgehead atoms. The molecule has 0 unspecified atom stereocenters. The summed E-state index contributed by atoms with van der Waals surface area (Å²) in [4.78, 5) is 35.7. The van der Waals surface area contributed by atoms with Gasteiger partial charge in [-0.3, -0.25) is 9.59 Å². The zero-order valence-electron chi connectivity index (χ0n) is 13.0. The first-order valence-corrected chi connectivity index (χ1v) is 9.19. The number of hydrogen-bond acceptors (Lipinski definition) is 9. The van der Waals surface area contributed by atoms with E-state index in [4.69, 9.17) is 10.5 Å². The average Bonchev–Trinajstić information content (AvgIpc) is 3.08. The SMILES string of the molecule is COC(=O)c1c(NC(=O)CSc2nnc(C)s2)sc(C(N)=O)c1C. The molecule has 3 N–H and O–H groups in total. The average molecular weight is 386 g/mol. The standard InChI is InChI=1S/C13H14N4O4S3/c1-5-8(12(20)21-3)11(24-9(5)10(14)19)15-7(18)4-22-13-17-16-6(2)23-13/h4H2,1-3H3,(H2,14,19)(H,15,18). The van der Waals surface area contributed by atoms with Crippen LogP contribution in [0.25, 0.3) is 0 Å². The summed E-state index contributed by atoms with van der Waals surface area (Å²) in [7, 11) is 1.22. The number of nitrogens with two attached hydrogens (primary N) is 1. The first-order valence-electron chi connectivity index (χ1n) is 6.57.